The van der Waals surface area contributed by atoms with Crippen molar-refractivity contribution in [1.82, 2.24) is 4.90 Å². The number of ketones is 1. The molecule has 3 heteroatoms. The molecule has 130 valence electrons. The van der Waals surface area contributed by atoms with Gasteiger partial charge in [0, 0.05) is 24.2 Å². The molecule has 2 aromatic carbocycles. The summed E-state index contributed by atoms with van der Waals surface area (Å²) in [6.07, 6.45) is 0. The maximum absolute atomic E-state index is 13.0. The second kappa shape index (κ2) is 7.93. The Labute approximate surface area is 150 Å². The van der Waals surface area contributed by atoms with E-state index in [4.69, 9.17) is 0 Å². The summed E-state index contributed by atoms with van der Waals surface area (Å²) in [7, 11) is 0. The van der Waals surface area contributed by atoms with E-state index in [1.54, 1.807) is 29.2 Å². The van der Waals surface area contributed by atoms with E-state index >= 15 is 0 Å². The zero-order chi connectivity index (χ0) is 18.6. The van der Waals surface area contributed by atoms with Crippen LogP contribution in [0.15, 0.2) is 54.6 Å². The van der Waals surface area contributed by atoms with Crippen LogP contribution in [0.5, 0.6) is 0 Å². The first-order chi connectivity index (χ1) is 11.8. The van der Waals surface area contributed by atoms with Crippen LogP contribution in [0.1, 0.15) is 51.3 Å². The van der Waals surface area contributed by atoms with Crippen LogP contribution in [-0.4, -0.2) is 29.7 Å². The van der Waals surface area contributed by atoms with Gasteiger partial charge in [-0.1, -0.05) is 42.5 Å². The van der Waals surface area contributed by atoms with Crippen LogP contribution in [0.3, 0.4) is 0 Å². The monoisotopic (exact) mass is 335 g/mol. The van der Waals surface area contributed by atoms with E-state index in [0.29, 0.717) is 29.8 Å². The Bertz CT molecular complexity index is 821. The second-order valence-corrected chi connectivity index (χ2v) is 6.45. The van der Waals surface area contributed by atoms with Gasteiger partial charge in [-0.15, -0.1) is 0 Å². The van der Waals surface area contributed by atoms with Crippen molar-refractivity contribution in [1.29, 1.82) is 0 Å². The number of aryl methyl sites for hydroxylation is 2. The van der Waals surface area contributed by atoms with E-state index in [-0.39, 0.29) is 11.7 Å². The van der Waals surface area contributed by atoms with Crippen molar-refractivity contribution < 1.29 is 9.59 Å². The van der Waals surface area contributed by atoms with Crippen molar-refractivity contribution in [2.45, 2.75) is 27.7 Å². The van der Waals surface area contributed by atoms with Crippen molar-refractivity contribution in [2.24, 2.45) is 0 Å². The number of rotatable bonds is 6. The lowest BCUT2D eigenvalue weighted by Gasteiger charge is -2.22. The SMILES string of the molecule is C=C(C)CN(CC)C(=O)c1ccccc1C(=O)c1ccc(C)c(C)c1. The van der Waals surface area contributed by atoms with Gasteiger partial charge >= 0.3 is 0 Å². The number of amides is 1. The van der Waals surface area contributed by atoms with Gasteiger partial charge in [-0.05, 0) is 51.0 Å². The molecule has 0 N–H and O–H groups in total. The molecule has 0 aliphatic rings. The molecular formula is C22H25NO2. The van der Waals surface area contributed by atoms with Gasteiger partial charge in [0.15, 0.2) is 5.78 Å². The number of hydrogen-bond donors (Lipinski definition) is 0. The Balaban J connectivity index is 2.43. The van der Waals surface area contributed by atoms with E-state index in [9.17, 15) is 9.59 Å². The van der Waals surface area contributed by atoms with Crippen LogP contribution >= 0.6 is 0 Å². The van der Waals surface area contributed by atoms with Gasteiger partial charge in [0.2, 0.25) is 0 Å². The van der Waals surface area contributed by atoms with E-state index in [0.717, 1.165) is 16.7 Å². The van der Waals surface area contributed by atoms with Gasteiger partial charge in [-0.3, -0.25) is 9.59 Å². The Hall–Kier alpha value is -2.68. The largest absolute Gasteiger partial charge is 0.335 e. The quantitative estimate of drug-likeness (QED) is 0.573. The predicted molar refractivity (Wildman–Crippen MR) is 102 cm³/mol. The van der Waals surface area contributed by atoms with Crippen LogP contribution in [0.4, 0.5) is 0 Å². The Morgan fingerprint density at radius 1 is 1.00 bits per heavy atom. The number of carbonyl (C=O) groups is 2. The molecule has 0 heterocycles. The molecule has 0 aromatic heterocycles. The molecule has 0 radical (unpaired) electrons. The summed E-state index contributed by atoms with van der Waals surface area (Å²) in [4.78, 5) is 27.6. The van der Waals surface area contributed by atoms with Crippen LogP contribution in [0.25, 0.3) is 0 Å². The molecule has 0 aliphatic heterocycles. The second-order valence-electron chi connectivity index (χ2n) is 6.45. The highest BCUT2D eigenvalue weighted by atomic mass is 16.2. The average molecular weight is 335 g/mol. The highest BCUT2D eigenvalue weighted by Gasteiger charge is 2.21. The van der Waals surface area contributed by atoms with Crippen LogP contribution in [-0.2, 0) is 0 Å². The minimum absolute atomic E-state index is 0.126. The summed E-state index contributed by atoms with van der Waals surface area (Å²) in [6.45, 7) is 12.7. The molecule has 0 aliphatic carbocycles. The maximum atomic E-state index is 13.0. The van der Waals surface area contributed by atoms with Crippen LogP contribution in [0, 0.1) is 13.8 Å². The Kier molecular flexibility index (Phi) is 5.92. The maximum Gasteiger partial charge on any atom is 0.254 e. The fourth-order valence-electron chi connectivity index (χ4n) is 2.73. The van der Waals surface area contributed by atoms with Crippen molar-refractivity contribution in [2.75, 3.05) is 13.1 Å². The molecule has 25 heavy (non-hydrogen) atoms. The number of benzene rings is 2. The summed E-state index contributed by atoms with van der Waals surface area (Å²) in [5.41, 5.74) is 4.59. The Morgan fingerprint density at radius 2 is 1.64 bits per heavy atom. The summed E-state index contributed by atoms with van der Waals surface area (Å²) < 4.78 is 0. The van der Waals surface area contributed by atoms with Crippen molar-refractivity contribution in [3.63, 3.8) is 0 Å². The minimum Gasteiger partial charge on any atom is -0.335 e. The first-order valence-electron chi connectivity index (χ1n) is 8.49. The molecule has 0 fully saturated rings. The first-order valence-corrected chi connectivity index (χ1v) is 8.49. The molecule has 0 unspecified atom stereocenters. The van der Waals surface area contributed by atoms with E-state index in [2.05, 4.69) is 6.58 Å². The molecule has 2 aromatic rings. The van der Waals surface area contributed by atoms with Gasteiger partial charge in [-0.25, -0.2) is 0 Å². The number of likely N-dealkylation sites (N-methyl/N-ethyl adjacent to an activating group) is 1. The molecule has 0 spiro atoms. The topological polar surface area (TPSA) is 37.4 Å². The summed E-state index contributed by atoms with van der Waals surface area (Å²) in [5.74, 6) is -0.267. The molecule has 0 saturated carbocycles. The van der Waals surface area contributed by atoms with Gasteiger partial charge in [0.05, 0.1) is 5.56 Å². The number of nitrogens with zero attached hydrogens (tertiary/aromatic N) is 1. The highest BCUT2D eigenvalue weighted by Crippen LogP contribution is 2.19. The molecule has 1 amide bonds. The molecule has 0 atom stereocenters. The molecular weight excluding hydrogens is 310 g/mol. The van der Waals surface area contributed by atoms with Gasteiger partial charge in [0.25, 0.3) is 5.91 Å². The van der Waals surface area contributed by atoms with Crippen molar-refractivity contribution in [3.05, 3.63) is 82.4 Å². The summed E-state index contributed by atoms with van der Waals surface area (Å²) in [5, 5.41) is 0. The third-order valence-electron chi connectivity index (χ3n) is 4.30. The van der Waals surface area contributed by atoms with Crippen LogP contribution in [0.2, 0.25) is 0 Å². The third kappa shape index (κ3) is 4.24. The van der Waals surface area contributed by atoms with E-state index < -0.39 is 0 Å². The molecule has 2 rings (SSSR count). The lowest BCUT2D eigenvalue weighted by atomic mass is 9.95. The lowest BCUT2D eigenvalue weighted by Crippen LogP contribution is -2.33. The molecule has 3 nitrogen and oxygen atoms in total. The standard InChI is InChI=1S/C22H25NO2/c1-6-23(14-15(2)3)22(25)20-10-8-7-9-19(20)21(24)18-12-11-16(4)17(5)13-18/h7-13H,2,6,14H2,1,3-5H3. The summed E-state index contributed by atoms with van der Waals surface area (Å²) >= 11 is 0. The highest BCUT2D eigenvalue weighted by molar-refractivity contribution is 6.15. The van der Waals surface area contributed by atoms with E-state index in [1.165, 1.54) is 0 Å². The smallest absolute Gasteiger partial charge is 0.254 e. The Morgan fingerprint density at radius 3 is 2.20 bits per heavy atom. The zero-order valence-corrected chi connectivity index (χ0v) is 15.4. The van der Waals surface area contributed by atoms with Crippen molar-refractivity contribution in [3.8, 4) is 0 Å². The van der Waals surface area contributed by atoms with E-state index in [1.807, 2.05) is 45.9 Å². The number of hydrogen-bond acceptors (Lipinski definition) is 2. The minimum atomic E-state index is -0.140. The fourth-order valence-corrected chi connectivity index (χ4v) is 2.73. The van der Waals surface area contributed by atoms with Gasteiger partial charge in [-0.2, -0.15) is 0 Å². The predicted octanol–water partition coefficient (Wildman–Crippen LogP) is 4.57. The number of carbonyl (C=O) groups excluding carboxylic acids is 2. The normalized spacial score (nSPS) is 10.4. The van der Waals surface area contributed by atoms with Crippen LogP contribution < -0.4 is 0 Å². The van der Waals surface area contributed by atoms with Crippen molar-refractivity contribution >= 4 is 11.7 Å². The first kappa shape index (κ1) is 18.7. The van der Waals surface area contributed by atoms with Gasteiger partial charge < -0.3 is 4.90 Å². The van der Waals surface area contributed by atoms with Gasteiger partial charge in [0.1, 0.15) is 0 Å². The average Bonchev–Trinajstić information content (AvgIpc) is 2.60. The molecule has 0 bridgehead atoms. The third-order valence-corrected chi connectivity index (χ3v) is 4.30. The zero-order valence-electron chi connectivity index (χ0n) is 15.4. The summed E-state index contributed by atoms with van der Waals surface area (Å²) in [6, 6.07) is 12.7. The lowest BCUT2D eigenvalue weighted by molar-refractivity contribution is 0.0773. The molecule has 0 saturated heterocycles. The fraction of sp³-hybridized carbons (Fsp3) is 0.273.